The van der Waals surface area contributed by atoms with Crippen molar-refractivity contribution in [3.8, 4) is 22.8 Å². The fourth-order valence-electron chi connectivity index (χ4n) is 3.27. The molecule has 0 saturated carbocycles. The molecule has 3 rings (SSSR count). The number of unbranched alkanes of at least 4 members (excludes halogenated alkanes) is 5. The minimum Gasteiger partial charge on any atom is -0.497 e. The minimum atomic E-state index is -0.165. The number of methoxy groups -OCH3 is 1. The van der Waals surface area contributed by atoms with E-state index >= 15 is 0 Å². The third-order valence-electron chi connectivity index (χ3n) is 4.87. The average Bonchev–Trinajstić information content (AvgIpc) is 2.77. The van der Waals surface area contributed by atoms with Crippen LogP contribution in [-0.2, 0) is 0 Å². The van der Waals surface area contributed by atoms with Crippen LogP contribution in [0.15, 0.2) is 57.7 Å². The molecular formula is C24H27BrO4. The molecule has 0 amide bonds. The van der Waals surface area contributed by atoms with Crippen molar-refractivity contribution in [2.24, 2.45) is 0 Å². The van der Waals surface area contributed by atoms with Gasteiger partial charge in [-0.15, -0.1) is 0 Å². The van der Waals surface area contributed by atoms with Crippen molar-refractivity contribution in [2.45, 2.75) is 38.5 Å². The smallest absolute Gasteiger partial charge is 0.235 e. The van der Waals surface area contributed by atoms with Crippen LogP contribution in [0.25, 0.3) is 22.3 Å². The van der Waals surface area contributed by atoms with E-state index in [9.17, 15) is 4.79 Å². The first-order chi connectivity index (χ1) is 14.2. The van der Waals surface area contributed by atoms with Gasteiger partial charge in [-0.25, -0.2) is 0 Å². The number of hydrogen-bond acceptors (Lipinski definition) is 4. The summed E-state index contributed by atoms with van der Waals surface area (Å²) in [5, 5.41) is 1.54. The standard InChI is InChI=1S/C24H27BrO4/c1-27-19-13-14-21-20(17-19)22(26)24(23(29-21)18-11-7-6-8-12-18)28-16-10-5-3-2-4-9-15-25/h6-8,11-14,17H,2-5,9-10,15-16H2,1H3. The quantitative estimate of drug-likeness (QED) is 0.240. The van der Waals surface area contributed by atoms with Gasteiger partial charge in [-0.1, -0.05) is 71.9 Å². The molecule has 5 heteroatoms. The number of alkyl halides is 1. The molecule has 2 aromatic carbocycles. The summed E-state index contributed by atoms with van der Waals surface area (Å²) in [6.07, 6.45) is 6.90. The van der Waals surface area contributed by atoms with E-state index in [1.54, 1.807) is 25.3 Å². The van der Waals surface area contributed by atoms with Crippen LogP contribution in [0, 0.1) is 0 Å². The Bertz CT molecular complexity index is 966. The van der Waals surface area contributed by atoms with E-state index in [0.29, 0.717) is 29.1 Å². The second-order valence-corrected chi connectivity index (χ2v) is 7.77. The second kappa shape index (κ2) is 11.1. The summed E-state index contributed by atoms with van der Waals surface area (Å²) in [4.78, 5) is 13.2. The Hall–Kier alpha value is -2.27. The van der Waals surface area contributed by atoms with Crippen molar-refractivity contribution >= 4 is 26.9 Å². The lowest BCUT2D eigenvalue weighted by molar-refractivity contribution is 0.297. The Labute approximate surface area is 180 Å². The van der Waals surface area contributed by atoms with E-state index in [0.717, 1.165) is 23.7 Å². The predicted octanol–water partition coefficient (Wildman–Crippen LogP) is 6.58. The Morgan fingerprint density at radius 3 is 2.38 bits per heavy atom. The third-order valence-corrected chi connectivity index (χ3v) is 5.43. The van der Waals surface area contributed by atoms with Crippen molar-refractivity contribution in [3.63, 3.8) is 0 Å². The van der Waals surface area contributed by atoms with Crippen molar-refractivity contribution in [2.75, 3.05) is 19.0 Å². The number of ether oxygens (including phenoxy) is 2. The molecule has 0 bridgehead atoms. The van der Waals surface area contributed by atoms with Gasteiger partial charge in [0, 0.05) is 10.9 Å². The molecule has 0 atom stereocenters. The number of fused-ring (bicyclic) bond motifs is 1. The molecule has 0 unspecified atom stereocenters. The van der Waals surface area contributed by atoms with E-state index in [1.165, 1.54) is 25.7 Å². The highest BCUT2D eigenvalue weighted by Gasteiger charge is 2.18. The normalized spacial score (nSPS) is 11.0. The summed E-state index contributed by atoms with van der Waals surface area (Å²) in [5.41, 5.74) is 1.18. The van der Waals surface area contributed by atoms with Gasteiger partial charge in [0.1, 0.15) is 11.3 Å². The Morgan fingerprint density at radius 1 is 0.931 bits per heavy atom. The Kier molecular flexibility index (Phi) is 8.17. The van der Waals surface area contributed by atoms with Crippen LogP contribution >= 0.6 is 15.9 Å². The summed E-state index contributed by atoms with van der Waals surface area (Å²) in [6.45, 7) is 0.499. The van der Waals surface area contributed by atoms with Crippen molar-refractivity contribution in [3.05, 3.63) is 58.8 Å². The highest BCUT2D eigenvalue weighted by Crippen LogP contribution is 2.32. The Balaban J connectivity index is 1.81. The number of rotatable bonds is 11. The molecule has 0 aliphatic carbocycles. The minimum absolute atomic E-state index is 0.165. The maximum atomic E-state index is 13.2. The topological polar surface area (TPSA) is 48.7 Å². The SMILES string of the molecule is COc1ccc2oc(-c3ccccc3)c(OCCCCCCCCBr)c(=O)c2c1. The van der Waals surface area contributed by atoms with Gasteiger partial charge in [0.05, 0.1) is 19.1 Å². The molecule has 0 fully saturated rings. The molecule has 1 aromatic heterocycles. The number of hydrogen-bond donors (Lipinski definition) is 0. The van der Waals surface area contributed by atoms with Crippen LogP contribution < -0.4 is 14.9 Å². The highest BCUT2D eigenvalue weighted by molar-refractivity contribution is 9.09. The largest absolute Gasteiger partial charge is 0.497 e. The van der Waals surface area contributed by atoms with Crippen LogP contribution in [0.3, 0.4) is 0 Å². The summed E-state index contributed by atoms with van der Waals surface area (Å²) < 4.78 is 17.3. The van der Waals surface area contributed by atoms with E-state index in [2.05, 4.69) is 15.9 Å². The third kappa shape index (κ3) is 5.63. The van der Waals surface area contributed by atoms with Gasteiger partial charge in [0.2, 0.25) is 11.2 Å². The van der Waals surface area contributed by atoms with Crippen LogP contribution in [-0.4, -0.2) is 19.0 Å². The first-order valence-electron chi connectivity index (χ1n) is 10.1. The molecule has 29 heavy (non-hydrogen) atoms. The van der Waals surface area contributed by atoms with Crippen LogP contribution in [0.1, 0.15) is 38.5 Å². The predicted molar refractivity (Wildman–Crippen MR) is 121 cm³/mol. The lowest BCUT2D eigenvalue weighted by Crippen LogP contribution is -2.11. The molecule has 4 nitrogen and oxygen atoms in total. The van der Waals surface area contributed by atoms with E-state index in [4.69, 9.17) is 13.9 Å². The molecule has 154 valence electrons. The van der Waals surface area contributed by atoms with Gasteiger partial charge in [-0.3, -0.25) is 4.79 Å². The van der Waals surface area contributed by atoms with Crippen LogP contribution in [0.4, 0.5) is 0 Å². The summed E-state index contributed by atoms with van der Waals surface area (Å²) in [5.74, 6) is 1.37. The van der Waals surface area contributed by atoms with Crippen molar-refractivity contribution < 1.29 is 13.9 Å². The van der Waals surface area contributed by atoms with E-state index in [1.807, 2.05) is 30.3 Å². The fourth-order valence-corrected chi connectivity index (χ4v) is 3.67. The fraction of sp³-hybridized carbons (Fsp3) is 0.375. The molecule has 0 aliphatic heterocycles. The van der Waals surface area contributed by atoms with Gasteiger partial charge in [0.15, 0.2) is 5.76 Å². The second-order valence-electron chi connectivity index (χ2n) is 6.98. The molecule has 1 heterocycles. The monoisotopic (exact) mass is 458 g/mol. The van der Waals surface area contributed by atoms with E-state index in [-0.39, 0.29) is 11.2 Å². The molecule has 0 radical (unpaired) electrons. The van der Waals surface area contributed by atoms with Gasteiger partial charge >= 0.3 is 0 Å². The Morgan fingerprint density at radius 2 is 1.66 bits per heavy atom. The number of benzene rings is 2. The molecule has 0 aliphatic rings. The summed E-state index contributed by atoms with van der Waals surface area (Å²) >= 11 is 3.46. The molecule has 0 saturated heterocycles. The van der Waals surface area contributed by atoms with Crippen molar-refractivity contribution in [1.82, 2.24) is 0 Å². The molecule has 0 N–H and O–H groups in total. The molecule has 3 aromatic rings. The van der Waals surface area contributed by atoms with Crippen molar-refractivity contribution in [1.29, 1.82) is 0 Å². The molecule has 0 spiro atoms. The van der Waals surface area contributed by atoms with Crippen LogP contribution in [0.2, 0.25) is 0 Å². The first kappa shape index (κ1) is 21.4. The summed E-state index contributed by atoms with van der Waals surface area (Å²) in [6, 6.07) is 14.9. The lowest BCUT2D eigenvalue weighted by atomic mass is 10.1. The molecular weight excluding hydrogens is 432 g/mol. The van der Waals surface area contributed by atoms with Gasteiger partial charge in [0.25, 0.3) is 0 Å². The number of halogens is 1. The lowest BCUT2D eigenvalue weighted by Gasteiger charge is -2.12. The maximum absolute atomic E-state index is 13.2. The average molecular weight is 459 g/mol. The summed E-state index contributed by atoms with van der Waals surface area (Å²) in [7, 11) is 1.58. The van der Waals surface area contributed by atoms with Crippen LogP contribution in [0.5, 0.6) is 11.5 Å². The van der Waals surface area contributed by atoms with Gasteiger partial charge in [-0.05, 0) is 31.0 Å². The zero-order chi connectivity index (χ0) is 20.5. The zero-order valence-electron chi connectivity index (χ0n) is 16.8. The highest BCUT2D eigenvalue weighted by atomic mass is 79.9. The van der Waals surface area contributed by atoms with Gasteiger partial charge in [-0.2, -0.15) is 0 Å². The van der Waals surface area contributed by atoms with E-state index < -0.39 is 0 Å². The first-order valence-corrected chi connectivity index (χ1v) is 11.3. The van der Waals surface area contributed by atoms with Gasteiger partial charge < -0.3 is 13.9 Å². The zero-order valence-corrected chi connectivity index (χ0v) is 18.4. The maximum Gasteiger partial charge on any atom is 0.235 e.